The first-order chi connectivity index (χ1) is 7.07. The summed E-state index contributed by atoms with van der Waals surface area (Å²) in [7, 11) is 1.40. The number of aldehydes is 1. The molecule has 0 unspecified atom stereocenters. The highest BCUT2D eigenvalue weighted by molar-refractivity contribution is 6.33. The van der Waals surface area contributed by atoms with Gasteiger partial charge in [0.2, 0.25) is 0 Å². The summed E-state index contributed by atoms with van der Waals surface area (Å²) < 4.78 is 13.3. The molecule has 0 radical (unpaired) electrons. The fraction of sp³-hybridized carbons (Fsp3) is 0.200. The van der Waals surface area contributed by atoms with Crippen LogP contribution in [0.1, 0.15) is 10.4 Å². The highest BCUT2D eigenvalue weighted by atomic mass is 35.5. The summed E-state index contributed by atoms with van der Waals surface area (Å²) in [4.78, 5) is 22.9. The van der Waals surface area contributed by atoms with Crippen LogP contribution in [0, 0.1) is 5.82 Å². The van der Waals surface area contributed by atoms with Crippen LogP contribution in [0.5, 0.6) is 0 Å². The van der Waals surface area contributed by atoms with Crippen molar-refractivity contribution in [1.82, 2.24) is 4.90 Å². The van der Waals surface area contributed by atoms with Crippen molar-refractivity contribution in [3.8, 4) is 0 Å². The van der Waals surface area contributed by atoms with E-state index in [2.05, 4.69) is 0 Å². The van der Waals surface area contributed by atoms with Gasteiger partial charge in [-0.3, -0.25) is 4.79 Å². The molecule has 5 heteroatoms. The Morgan fingerprint density at radius 3 is 2.80 bits per heavy atom. The maximum atomic E-state index is 13.3. The lowest BCUT2D eigenvalue weighted by Gasteiger charge is -2.14. The lowest BCUT2D eigenvalue weighted by molar-refractivity contribution is -0.108. The molecule has 1 rings (SSSR count). The highest BCUT2D eigenvalue weighted by Crippen LogP contribution is 2.20. The number of halogens is 2. The molecule has 3 nitrogen and oxygen atoms in total. The van der Waals surface area contributed by atoms with Gasteiger partial charge in [-0.25, -0.2) is 4.39 Å². The van der Waals surface area contributed by atoms with Crippen molar-refractivity contribution in [3.05, 3.63) is 34.6 Å². The summed E-state index contributed by atoms with van der Waals surface area (Å²) in [6.45, 7) is -0.0938. The molecule has 80 valence electrons. The van der Waals surface area contributed by atoms with Gasteiger partial charge < -0.3 is 9.69 Å². The molecule has 0 fully saturated rings. The van der Waals surface area contributed by atoms with Gasteiger partial charge in [-0.05, 0) is 12.1 Å². The Labute approximate surface area is 91.4 Å². The maximum Gasteiger partial charge on any atom is 0.258 e. The van der Waals surface area contributed by atoms with Crippen LogP contribution in [0.15, 0.2) is 18.2 Å². The number of carbonyl (C=O) groups is 2. The first-order valence-corrected chi connectivity index (χ1v) is 4.59. The number of carbonyl (C=O) groups excluding carboxylic acids is 2. The molecule has 1 amide bonds. The first-order valence-electron chi connectivity index (χ1n) is 4.21. The van der Waals surface area contributed by atoms with Crippen LogP contribution in [-0.4, -0.2) is 30.7 Å². The van der Waals surface area contributed by atoms with Gasteiger partial charge >= 0.3 is 0 Å². The third-order valence-electron chi connectivity index (χ3n) is 1.87. The molecular weight excluding hydrogens is 221 g/mol. The van der Waals surface area contributed by atoms with Gasteiger partial charge in [0.15, 0.2) is 0 Å². The molecule has 0 saturated carbocycles. The lowest BCUT2D eigenvalue weighted by atomic mass is 10.2. The molecule has 0 aromatic heterocycles. The van der Waals surface area contributed by atoms with Crippen molar-refractivity contribution in [2.24, 2.45) is 0 Å². The minimum absolute atomic E-state index is 0.0396. The van der Waals surface area contributed by atoms with Crippen molar-refractivity contribution >= 4 is 23.8 Å². The third-order valence-corrected chi connectivity index (χ3v) is 2.19. The zero-order valence-electron chi connectivity index (χ0n) is 8.04. The van der Waals surface area contributed by atoms with Gasteiger partial charge in [0.1, 0.15) is 12.1 Å². The van der Waals surface area contributed by atoms with E-state index in [1.165, 1.54) is 19.2 Å². The molecule has 0 heterocycles. The summed E-state index contributed by atoms with van der Waals surface area (Å²) in [6.07, 6.45) is 0.562. The van der Waals surface area contributed by atoms with E-state index in [1.807, 2.05) is 0 Å². The number of likely N-dealkylation sites (N-methyl/N-ethyl adjacent to an activating group) is 1. The van der Waals surface area contributed by atoms with Crippen LogP contribution in [0.2, 0.25) is 5.02 Å². The predicted octanol–water partition coefficient (Wildman–Crippen LogP) is 1.75. The predicted molar refractivity (Wildman–Crippen MR) is 54.4 cm³/mol. The van der Waals surface area contributed by atoms with E-state index in [-0.39, 0.29) is 17.1 Å². The van der Waals surface area contributed by atoms with E-state index in [4.69, 9.17) is 11.6 Å². The van der Waals surface area contributed by atoms with Gasteiger partial charge in [0, 0.05) is 7.05 Å². The van der Waals surface area contributed by atoms with Crippen molar-refractivity contribution < 1.29 is 14.0 Å². The Hall–Kier alpha value is -1.42. The molecule has 0 aliphatic rings. The molecule has 15 heavy (non-hydrogen) atoms. The van der Waals surface area contributed by atoms with Gasteiger partial charge in [-0.15, -0.1) is 0 Å². The molecule has 0 saturated heterocycles. The maximum absolute atomic E-state index is 13.3. The average Bonchev–Trinajstić information content (AvgIpc) is 2.17. The van der Waals surface area contributed by atoms with Crippen molar-refractivity contribution in [2.75, 3.05) is 13.6 Å². The van der Waals surface area contributed by atoms with Crippen LogP contribution in [-0.2, 0) is 4.79 Å². The Morgan fingerprint density at radius 2 is 2.27 bits per heavy atom. The Balaban J connectivity index is 3.05. The molecular formula is C10H9ClFNO2. The Kier molecular flexibility index (Phi) is 3.80. The number of amides is 1. The fourth-order valence-electron chi connectivity index (χ4n) is 1.09. The van der Waals surface area contributed by atoms with E-state index >= 15 is 0 Å². The van der Waals surface area contributed by atoms with Crippen LogP contribution < -0.4 is 0 Å². The van der Waals surface area contributed by atoms with Crippen LogP contribution in [0.25, 0.3) is 0 Å². The minimum Gasteiger partial charge on any atom is -0.335 e. The van der Waals surface area contributed by atoms with E-state index < -0.39 is 11.7 Å². The topological polar surface area (TPSA) is 37.4 Å². The van der Waals surface area contributed by atoms with Crippen LogP contribution in [0.3, 0.4) is 0 Å². The molecule has 1 aromatic rings. The van der Waals surface area contributed by atoms with Gasteiger partial charge in [-0.1, -0.05) is 17.7 Å². The van der Waals surface area contributed by atoms with Gasteiger partial charge in [0.05, 0.1) is 17.1 Å². The second-order valence-corrected chi connectivity index (χ2v) is 3.36. The number of rotatable bonds is 3. The van der Waals surface area contributed by atoms with E-state index in [1.54, 1.807) is 0 Å². The fourth-order valence-corrected chi connectivity index (χ4v) is 1.33. The van der Waals surface area contributed by atoms with Gasteiger partial charge in [-0.2, -0.15) is 0 Å². The van der Waals surface area contributed by atoms with Crippen LogP contribution >= 0.6 is 11.6 Å². The molecule has 0 aliphatic carbocycles. The molecule has 0 aliphatic heterocycles. The van der Waals surface area contributed by atoms with Crippen molar-refractivity contribution in [3.63, 3.8) is 0 Å². The summed E-state index contributed by atoms with van der Waals surface area (Å²) in [5.41, 5.74) is -0.205. The molecule has 1 aromatic carbocycles. The van der Waals surface area contributed by atoms with Crippen LogP contribution in [0.4, 0.5) is 4.39 Å². The number of hydrogen-bond donors (Lipinski definition) is 0. The molecule has 0 spiro atoms. The van der Waals surface area contributed by atoms with Gasteiger partial charge in [0.25, 0.3) is 5.91 Å². The molecule has 0 atom stereocenters. The van der Waals surface area contributed by atoms with E-state index in [9.17, 15) is 14.0 Å². The Bertz CT molecular complexity index is 375. The zero-order chi connectivity index (χ0) is 11.4. The number of benzene rings is 1. The molecule has 0 N–H and O–H groups in total. The van der Waals surface area contributed by atoms with Crippen molar-refractivity contribution in [1.29, 1.82) is 0 Å². The highest BCUT2D eigenvalue weighted by Gasteiger charge is 2.18. The summed E-state index contributed by atoms with van der Waals surface area (Å²) in [5, 5.41) is 0.0396. The lowest BCUT2D eigenvalue weighted by Crippen LogP contribution is -2.29. The molecule has 0 bridgehead atoms. The second kappa shape index (κ2) is 4.89. The number of hydrogen-bond acceptors (Lipinski definition) is 2. The SMILES string of the molecule is CN(CC=O)C(=O)c1c(F)cccc1Cl. The standard InChI is InChI=1S/C10H9ClFNO2/c1-13(5-6-14)10(15)9-7(11)3-2-4-8(9)12/h2-4,6H,5H2,1H3. The van der Waals surface area contributed by atoms with E-state index in [0.29, 0.717) is 6.29 Å². The summed E-state index contributed by atoms with van der Waals surface area (Å²) in [5.74, 6) is -1.30. The van der Waals surface area contributed by atoms with E-state index in [0.717, 1.165) is 11.0 Å². The number of nitrogens with zero attached hydrogens (tertiary/aromatic N) is 1. The largest absolute Gasteiger partial charge is 0.335 e. The first kappa shape index (κ1) is 11.7. The quantitative estimate of drug-likeness (QED) is 0.741. The second-order valence-electron chi connectivity index (χ2n) is 2.95. The summed E-state index contributed by atoms with van der Waals surface area (Å²) >= 11 is 5.69. The summed E-state index contributed by atoms with van der Waals surface area (Å²) in [6, 6.07) is 3.98. The normalized spacial score (nSPS) is 9.80. The third kappa shape index (κ3) is 2.53. The van der Waals surface area contributed by atoms with Crippen molar-refractivity contribution in [2.45, 2.75) is 0 Å². The smallest absolute Gasteiger partial charge is 0.258 e. The zero-order valence-corrected chi connectivity index (χ0v) is 8.79. The Morgan fingerprint density at radius 1 is 1.60 bits per heavy atom. The monoisotopic (exact) mass is 229 g/mol. The minimum atomic E-state index is -0.690. The average molecular weight is 230 g/mol.